The van der Waals surface area contributed by atoms with Crippen LogP contribution in [0.3, 0.4) is 0 Å². The van der Waals surface area contributed by atoms with E-state index in [0.717, 1.165) is 5.56 Å². The summed E-state index contributed by atoms with van der Waals surface area (Å²) in [6.45, 7) is 0. The molecule has 1 aromatic rings. The normalized spacial score (nSPS) is 32.7. The van der Waals surface area contributed by atoms with Crippen molar-refractivity contribution in [2.75, 3.05) is 0 Å². The van der Waals surface area contributed by atoms with Gasteiger partial charge in [-0.2, -0.15) is 0 Å². The van der Waals surface area contributed by atoms with Crippen LogP contribution in [-0.2, 0) is 5.54 Å². The van der Waals surface area contributed by atoms with E-state index in [0.29, 0.717) is 17.9 Å². The number of hydrogen-bond acceptors (Lipinski definition) is 2. The highest BCUT2D eigenvalue weighted by Crippen LogP contribution is 2.39. The molecule has 0 bridgehead atoms. The molecule has 1 aliphatic rings. The Bertz CT molecular complexity index is 303. The minimum atomic E-state index is -0.329. The summed E-state index contributed by atoms with van der Waals surface area (Å²) in [7, 11) is 0. The Labute approximate surface area is 82.3 Å². The maximum Gasteiger partial charge on any atom is 0.0582 e. The summed E-state index contributed by atoms with van der Waals surface area (Å²) in [5, 5.41) is 9.91. The number of aliphatic hydroxyl groups excluding tert-OH is 1. The monoisotopic (exact) mass is 197 g/mol. The molecule has 1 fully saturated rings. The quantitative estimate of drug-likeness (QED) is 0.719. The molecule has 0 amide bonds. The van der Waals surface area contributed by atoms with Gasteiger partial charge < -0.3 is 10.8 Å². The van der Waals surface area contributed by atoms with E-state index in [4.69, 9.17) is 17.3 Å². The summed E-state index contributed by atoms with van der Waals surface area (Å²) in [5.74, 6) is 0. The molecule has 2 rings (SSSR count). The van der Waals surface area contributed by atoms with E-state index in [1.54, 1.807) is 0 Å². The molecule has 1 aromatic carbocycles. The largest absolute Gasteiger partial charge is 0.393 e. The Balaban J connectivity index is 2.22. The summed E-state index contributed by atoms with van der Waals surface area (Å²) >= 11 is 5.76. The summed E-state index contributed by atoms with van der Waals surface area (Å²) in [6.07, 6.45) is 1.06. The van der Waals surface area contributed by atoms with Crippen molar-refractivity contribution in [2.45, 2.75) is 24.5 Å². The Morgan fingerprint density at radius 1 is 1.31 bits per heavy atom. The van der Waals surface area contributed by atoms with E-state index in [1.165, 1.54) is 0 Å². The van der Waals surface area contributed by atoms with E-state index in [9.17, 15) is 5.11 Å². The standard InChI is InChI=1S/C10H12ClNO/c11-8-3-1-7(2-4-8)10(12)5-9(13)6-10/h1-4,9,13H,5-6,12H2. The van der Waals surface area contributed by atoms with Crippen molar-refractivity contribution in [3.05, 3.63) is 34.9 Å². The number of aliphatic hydroxyl groups is 1. The predicted octanol–water partition coefficient (Wildman–Crippen LogP) is 1.65. The van der Waals surface area contributed by atoms with E-state index in [2.05, 4.69) is 0 Å². The fraction of sp³-hybridized carbons (Fsp3) is 0.400. The maximum atomic E-state index is 9.19. The molecule has 13 heavy (non-hydrogen) atoms. The number of nitrogens with two attached hydrogens (primary N) is 1. The van der Waals surface area contributed by atoms with Crippen LogP contribution < -0.4 is 5.73 Å². The number of benzene rings is 1. The highest BCUT2D eigenvalue weighted by atomic mass is 35.5. The van der Waals surface area contributed by atoms with Crippen LogP contribution in [-0.4, -0.2) is 11.2 Å². The highest BCUT2D eigenvalue weighted by molar-refractivity contribution is 6.30. The van der Waals surface area contributed by atoms with Crippen LogP contribution >= 0.6 is 11.6 Å². The van der Waals surface area contributed by atoms with Crippen molar-refractivity contribution >= 4 is 11.6 Å². The van der Waals surface area contributed by atoms with Gasteiger partial charge in [0.2, 0.25) is 0 Å². The number of halogens is 1. The first kappa shape index (κ1) is 9.00. The number of rotatable bonds is 1. The maximum absolute atomic E-state index is 9.19. The van der Waals surface area contributed by atoms with Crippen molar-refractivity contribution in [2.24, 2.45) is 5.73 Å². The number of hydrogen-bond donors (Lipinski definition) is 2. The zero-order valence-electron chi connectivity index (χ0n) is 7.20. The summed E-state index contributed by atoms with van der Waals surface area (Å²) in [4.78, 5) is 0. The highest BCUT2D eigenvalue weighted by Gasteiger charge is 2.41. The van der Waals surface area contributed by atoms with Gasteiger partial charge in [-0.1, -0.05) is 23.7 Å². The average molecular weight is 198 g/mol. The van der Waals surface area contributed by atoms with Gasteiger partial charge in [-0.3, -0.25) is 0 Å². The zero-order chi connectivity index (χ0) is 9.47. The Morgan fingerprint density at radius 3 is 2.31 bits per heavy atom. The topological polar surface area (TPSA) is 46.2 Å². The summed E-state index contributed by atoms with van der Waals surface area (Å²) < 4.78 is 0. The van der Waals surface area contributed by atoms with E-state index < -0.39 is 0 Å². The summed E-state index contributed by atoms with van der Waals surface area (Å²) in [6, 6.07) is 7.51. The third-order valence-corrected chi connectivity index (χ3v) is 2.87. The van der Waals surface area contributed by atoms with Gasteiger partial charge in [0.1, 0.15) is 0 Å². The second kappa shape index (κ2) is 2.98. The summed E-state index contributed by atoms with van der Waals surface area (Å²) in [5.41, 5.74) is 6.79. The van der Waals surface area contributed by atoms with Crippen LogP contribution in [0.4, 0.5) is 0 Å². The molecule has 0 aliphatic heterocycles. The lowest BCUT2D eigenvalue weighted by Crippen LogP contribution is -2.51. The van der Waals surface area contributed by atoms with Crippen LogP contribution in [0.5, 0.6) is 0 Å². The van der Waals surface area contributed by atoms with E-state index in [1.807, 2.05) is 24.3 Å². The van der Waals surface area contributed by atoms with Gasteiger partial charge in [0.25, 0.3) is 0 Å². The molecule has 0 atom stereocenters. The fourth-order valence-corrected chi connectivity index (χ4v) is 1.92. The Hall–Kier alpha value is -0.570. The molecule has 0 unspecified atom stereocenters. The van der Waals surface area contributed by atoms with Crippen molar-refractivity contribution in [1.82, 2.24) is 0 Å². The first-order chi connectivity index (χ1) is 6.10. The average Bonchev–Trinajstić information content (AvgIpc) is 2.03. The van der Waals surface area contributed by atoms with Crippen molar-refractivity contribution < 1.29 is 5.11 Å². The SMILES string of the molecule is NC1(c2ccc(Cl)cc2)CC(O)C1. The van der Waals surface area contributed by atoms with Crippen LogP contribution in [0.15, 0.2) is 24.3 Å². The lowest BCUT2D eigenvalue weighted by molar-refractivity contribution is 0.0209. The van der Waals surface area contributed by atoms with E-state index in [-0.39, 0.29) is 11.6 Å². The molecule has 2 nitrogen and oxygen atoms in total. The van der Waals surface area contributed by atoms with Gasteiger partial charge in [-0.25, -0.2) is 0 Å². The molecule has 0 aromatic heterocycles. The predicted molar refractivity (Wildman–Crippen MR) is 52.6 cm³/mol. The minimum Gasteiger partial charge on any atom is -0.393 e. The van der Waals surface area contributed by atoms with Gasteiger partial charge in [0.05, 0.1) is 6.10 Å². The molecule has 0 spiro atoms. The lowest BCUT2D eigenvalue weighted by atomic mass is 9.71. The molecule has 0 saturated heterocycles. The van der Waals surface area contributed by atoms with Gasteiger partial charge >= 0.3 is 0 Å². The van der Waals surface area contributed by atoms with Gasteiger partial charge in [-0.15, -0.1) is 0 Å². The Kier molecular flexibility index (Phi) is 2.06. The van der Waals surface area contributed by atoms with E-state index >= 15 is 0 Å². The fourth-order valence-electron chi connectivity index (χ4n) is 1.80. The molecular weight excluding hydrogens is 186 g/mol. The third-order valence-electron chi connectivity index (χ3n) is 2.62. The molecule has 70 valence electrons. The van der Waals surface area contributed by atoms with Gasteiger partial charge in [0, 0.05) is 10.6 Å². The molecule has 3 N–H and O–H groups in total. The second-order valence-corrected chi connectivity index (χ2v) is 4.16. The minimum absolute atomic E-state index is 0.235. The van der Waals surface area contributed by atoms with Crippen molar-refractivity contribution in [3.63, 3.8) is 0 Å². The lowest BCUT2D eigenvalue weighted by Gasteiger charge is -2.42. The van der Waals surface area contributed by atoms with Crippen molar-refractivity contribution in [1.29, 1.82) is 0 Å². The van der Waals surface area contributed by atoms with Gasteiger partial charge in [0.15, 0.2) is 0 Å². The molecule has 1 saturated carbocycles. The molecule has 0 radical (unpaired) electrons. The molecular formula is C10H12ClNO. The zero-order valence-corrected chi connectivity index (χ0v) is 7.96. The first-order valence-electron chi connectivity index (χ1n) is 4.33. The second-order valence-electron chi connectivity index (χ2n) is 3.73. The van der Waals surface area contributed by atoms with Crippen molar-refractivity contribution in [3.8, 4) is 0 Å². The smallest absolute Gasteiger partial charge is 0.0582 e. The molecule has 0 heterocycles. The molecule has 1 aliphatic carbocycles. The van der Waals surface area contributed by atoms with Crippen LogP contribution in [0.1, 0.15) is 18.4 Å². The van der Waals surface area contributed by atoms with Crippen LogP contribution in [0, 0.1) is 0 Å². The first-order valence-corrected chi connectivity index (χ1v) is 4.71. The third kappa shape index (κ3) is 1.57. The molecule has 3 heteroatoms. The van der Waals surface area contributed by atoms with Gasteiger partial charge in [-0.05, 0) is 30.5 Å². The van der Waals surface area contributed by atoms with Crippen LogP contribution in [0.2, 0.25) is 5.02 Å². The Morgan fingerprint density at radius 2 is 1.85 bits per heavy atom. The van der Waals surface area contributed by atoms with Crippen LogP contribution in [0.25, 0.3) is 0 Å².